The van der Waals surface area contributed by atoms with Crippen LogP contribution in [-0.4, -0.2) is 43.4 Å². The molecule has 2 rings (SSSR count). The Bertz CT molecular complexity index is 743. The van der Waals surface area contributed by atoms with Crippen LogP contribution in [0.3, 0.4) is 0 Å². The molecular weight excluding hydrogens is 392 g/mol. The van der Waals surface area contributed by atoms with Crippen molar-refractivity contribution in [2.24, 2.45) is 0 Å². The lowest BCUT2D eigenvalue weighted by Crippen LogP contribution is -2.68. The quantitative estimate of drug-likeness (QED) is 0.545. The topological polar surface area (TPSA) is 35.5 Å². The van der Waals surface area contributed by atoms with Crippen molar-refractivity contribution in [3.05, 3.63) is 47.2 Å². The Balaban J connectivity index is 2.52. The van der Waals surface area contributed by atoms with E-state index in [1.165, 1.54) is 12.1 Å². The molecular formula is C16H12F8O3. The number of benzene rings is 1. The molecule has 150 valence electrons. The van der Waals surface area contributed by atoms with E-state index >= 15 is 0 Å². The summed E-state index contributed by atoms with van der Waals surface area (Å²) in [6.07, 6.45) is -0.206. The Labute approximate surface area is 147 Å². The van der Waals surface area contributed by atoms with Gasteiger partial charge in [-0.2, -0.15) is 35.1 Å². The van der Waals surface area contributed by atoms with Gasteiger partial charge >= 0.3 is 29.7 Å². The van der Waals surface area contributed by atoms with E-state index in [4.69, 9.17) is 0 Å². The number of allylic oxidation sites excluding steroid dienone is 1. The number of ether oxygens (including phenoxy) is 2. The molecule has 3 nitrogen and oxygen atoms in total. The van der Waals surface area contributed by atoms with Crippen LogP contribution in [0.25, 0.3) is 0 Å². The van der Waals surface area contributed by atoms with Crippen LogP contribution in [0.15, 0.2) is 41.7 Å². The first-order chi connectivity index (χ1) is 12.3. The molecule has 0 atom stereocenters. The lowest BCUT2D eigenvalue weighted by Gasteiger charge is -2.42. The van der Waals surface area contributed by atoms with Gasteiger partial charge in [-0.05, 0) is 5.56 Å². The molecule has 0 aliphatic heterocycles. The maximum absolute atomic E-state index is 14.0. The number of rotatable bonds is 5. The summed E-state index contributed by atoms with van der Waals surface area (Å²) in [4.78, 5) is 11.5. The molecule has 0 saturated heterocycles. The van der Waals surface area contributed by atoms with Crippen molar-refractivity contribution < 1.29 is 49.4 Å². The summed E-state index contributed by atoms with van der Waals surface area (Å²) in [5.74, 6) is -29.8. The van der Waals surface area contributed by atoms with E-state index in [-0.39, 0.29) is 6.42 Å². The SMILES string of the molecule is COC(=O)C1=C(OCCc2ccccc2)C(F)(F)C(F)(F)C(F)(F)C1(F)F. The van der Waals surface area contributed by atoms with Crippen LogP contribution in [0.2, 0.25) is 0 Å². The van der Waals surface area contributed by atoms with Crippen LogP contribution in [-0.2, 0) is 20.7 Å². The highest BCUT2D eigenvalue weighted by atomic mass is 19.4. The zero-order chi connectivity index (χ0) is 20.7. The van der Waals surface area contributed by atoms with Gasteiger partial charge in [-0.3, -0.25) is 0 Å². The van der Waals surface area contributed by atoms with Crippen molar-refractivity contribution >= 4 is 5.97 Å². The minimum atomic E-state index is -6.56. The third-order valence-electron chi connectivity index (χ3n) is 3.88. The maximum Gasteiger partial charge on any atom is 0.386 e. The van der Waals surface area contributed by atoms with Gasteiger partial charge in [0.25, 0.3) is 0 Å². The molecule has 0 unspecified atom stereocenters. The number of halogens is 8. The summed E-state index contributed by atoms with van der Waals surface area (Å²) in [5, 5.41) is 0. The monoisotopic (exact) mass is 404 g/mol. The van der Waals surface area contributed by atoms with Gasteiger partial charge in [0, 0.05) is 6.42 Å². The molecule has 1 aromatic rings. The Kier molecular flexibility index (Phi) is 5.19. The molecule has 1 aliphatic carbocycles. The van der Waals surface area contributed by atoms with E-state index in [1.54, 1.807) is 18.2 Å². The number of carbonyl (C=O) groups excluding carboxylic acids is 1. The van der Waals surface area contributed by atoms with Gasteiger partial charge in [0.15, 0.2) is 11.3 Å². The molecule has 1 aliphatic rings. The summed E-state index contributed by atoms with van der Waals surface area (Å²) in [6.45, 7) is -0.854. The van der Waals surface area contributed by atoms with E-state index in [9.17, 15) is 39.9 Å². The van der Waals surface area contributed by atoms with Gasteiger partial charge in [-0.25, -0.2) is 4.79 Å². The Hall–Kier alpha value is -2.33. The third-order valence-corrected chi connectivity index (χ3v) is 3.88. The predicted octanol–water partition coefficient (Wildman–Crippen LogP) is 4.23. The van der Waals surface area contributed by atoms with Crippen LogP contribution in [0.5, 0.6) is 0 Å². The Morgan fingerprint density at radius 1 is 0.889 bits per heavy atom. The van der Waals surface area contributed by atoms with Crippen molar-refractivity contribution in [3.8, 4) is 0 Å². The molecule has 1 aromatic carbocycles. The number of carbonyl (C=O) groups is 1. The number of alkyl halides is 8. The van der Waals surface area contributed by atoms with E-state index in [2.05, 4.69) is 9.47 Å². The molecule has 27 heavy (non-hydrogen) atoms. The van der Waals surface area contributed by atoms with E-state index in [0.29, 0.717) is 12.7 Å². The van der Waals surface area contributed by atoms with E-state index in [0.717, 1.165) is 0 Å². The largest absolute Gasteiger partial charge is 0.490 e. The minimum absolute atomic E-state index is 0.206. The van der Waals surface area contributed by atoms with Crippen molar-refractivity contribution in [1.29, 1.82) is 0 Å². The zero-order valence-electron chi connectivity index (χ0n) is 13.5. The van der Waals surface area contributed by atoms with E-state index in [1.807, 2.05) is 0 Å². The number of hydrogen-bond donors (Lipinski definition) is 0. The second-order valence-corrected chi connectivity index (χ2v) is 5.58. The summed E-state index contributed by atoms with van der Waals surface area (Å²) in [5.41, 5.74) is -2.18. The number of methoxy groups -OCH3 is 1. The molecule has 0 saturated carbocycles. The lowest BCUT2D eigenvalue weighted by atomic mass is 9.84. The van der Waals surface area contributed by atoms with Crippen molar-refractivity contribution in [3.63, 3.8) is 0 Å². The fraction of sp³-hybridized carbons (Fsp3) is 0.438. The minimum Gasteiger partial charge on any atom is -0.490 e. The fourth-order valence-electron chi connectivity index (χ4n) is 2.39. The Morgan fingerprint density at radius 2 is 1.41 bits per heavy atom. The summed E-state index contributed by atoms with van der Waals surface area (Å²) in [7, 11) is 0.441. The maximum atomic E-state index is 14.0. The molecule has 0 N–H and O–H groups in total. The summed E-state index contributed by atoms with van der Waals surface area (Å²) < 4.78 is 118. The van der Waals surface area contributed by atoms with Gasteiger partial charge in [-0.1, -0.05) is 30.3 Å². The summed E-state index contributed by atoms with van der Waals surface area (Å²) in [6, 6.07) is 7.70. The smallest absolute Gasteiger partial charge is 0.386 e. The molecule has 0 spiro atoms. The number of esters is 1. The standard InChI is InChI=1S/C16H12F8O3/c1-26-12(25)10-11(27-8-7-9-5-3-2-4-6-9)14(19,20)16(23,24)15(21,22)13(10,17)18/h2-6H,7-8H2,1H3. The average Bonchev–Trinajstić information content (AvgIpc) is 2.59. The van der Waals surface area contributed by atoms with Gasteiger partial charge in [0.2, 0.25) is 0 Å². The third kappa shape index (κ3) is 3.02. The normalized spacial score (nSPS) is 22.3. The molecule has 0 radical (unpaired) electrons. The first kappa shape index (κ1) is 21.0. The molecule has 0 heterocycles. The highest BCUT2D eigenvalue weighted by molar-refractivity contribution is 5.92. The van der Waals surface area contributed by atoms with Gasteiger partial charge in [0.1, 0.15) is 0 Å². The fourth-order valence-corrected chi connectivity index (χ4v) is 2.39. The second-order valence-electron chi connectivity index (χ2n) is 5.58. The molecule has 0 fully saturated rings. The van der Waals surface area contributed by atoms with Crippen LogP contribution in [0.4, 0.5) is 35.1 Å². The number of hydrogen-bond acceptors (Lipinski definition) is 3. The van der Waals surface area contributed by atoms with Crippen LogP contribution in [0.1, 0.15) is 5.56 Å². The van der Waals surface area contributed by atoms with Gasteiger partial charge in [0.05, 0.1) is 13.7 Å². The van der Waals surface area contributed by atoms with Crippen molar-refractivity contribution in [2.75, 3.05) is 13.7 Å². The highest BCUT2D eigenvalue weighted by Gasteiger charge is 2.87. The lowest BCUT2D eigenvalue weighted by molar-refractivity contribution is -0.366. The molecule has 11 heteroatoms. The first-order valence-corrected chi connectivity index (χ1v) is 7.34. The van der Waals surface area contributed by atoms with Crippen molar-refractivity contribution in [2.45, 2.75) is 30.1 Å². The zero-order valence-corrected chi connectivity index (χ0v) is 13.5. The Morgan fingerprint density at radius 3 is 1.93 bits per heavy atom. The predicted molar refractivity (Wildman–Crippen MR) is 74.9 cm³/mol. The molecule has 0 aromatic heterocycles. The first-order valence-electron chi connectivity index (χ1n) is 7.34. The van der Waals surface area contributed by atoms with Crippen LogP contribution >= 0.6 is 0 Å². The van der Waals surface area contributed by atoms with Crippen LogP contribution in [0, 0.1) is 0 Å². The van der Waals surface area contributed by atoms with E-state index < -0.39 is 47.6 Å². The summed E-state index contributed by atoms with van der Waals surface area (Å²) >= 11 is 0. The van der Waals surface area contributed by atoms with Gasteiger partial charge in [-0.15, -0.1) is 0 Å². The van der Waals surface area contributed by atoms with Crippen LogP contribution < -0.4 is 0 Å². The highest BCUT2D eigenvalue weighted by Crippen LogP contribution is 2.61. The average molecular weight is 404 g/mol. The molecule has 0 amide bonds. The molecule has 0 bridgehead atoms. The second kappa shape index (κ2) is 6.68. The van der Waals surface area contributed by atoms with Gasteiger partial charge < -0.3 is 9.47 Å². The van der Waals surface area contributed by atoms with Crippen molar-refractivity contribution in [1.82, 2.24) is 0 Å².